The van der Waals surface area contributed by atoms with Crippen LogP contribution >= 0.6 is 23.4 Å². The minimum atomic E-state index is -1.07. The molecular formula is C26H23Cl2NO8. The number of carbonyl (C=O) groups is 4. The summed E-state index contributed by atoms with van der Waals surface area (Å²) in [6.45, 7) is 7.51. The van der Waals surface area contributed by atoms with Crippen molar-refractivity contribution in [2.75, 3.05) is 0 Å². The van der Waals surface area contributed by atoms with E-state index in [4.69, 9.17) is 42.4 Å². The maximum absolute atomic E-state index is 10.8. The molecule has 0 atom stereocenters. The van der Waals surface area contributed by atoms with Gasteiger partial charge in [0.1, 0.15) is 11.2 Å². The molecule has 0 saturated carbocycles. The van der Waals surface area contributed by atoms with Gasteiger partial charge in [-0.15, -0.1) is 0 Å². The number of carboxylic acid groups (broad SMARTS) is 2. The Bertz CT molecular complexity index is 1490. The second-order valence-electron chi connectivity index (χ2n) is 8.39. The number of furan rings is 2. The molecular weight excluding hydrogens is 525 g/mol. The summed E-state index contributed by atoms with van der Waals surface area (Å²) in [5.41, 5.74) is 4.93. The zero-order valence-electron chi connectivity index (χ0n) is 20.3. The number of rotatable bonds is 2. The van der Waals surface area contributed by atoms with Crippen molar-refractivity contribution in [3.63, 3.8) is 0 Å². The smallest absolute Gasteiger partial charge is 0.371 e. The molecule has 0 bridgehead atoms. The molecule has 37 heavy (non-hydrogen) atoms. The van der Waals surface area contributed by atoms with E-state index in [0.29, 0.717) is 20.6 Å². The van der Waals surface area contributed by atoms with Crippen LogP contribution in [-0.4, -0.2) is 38.4 Å². The number of fused-ring (bicyclic) bond motifs is 2. The van der Waals surface area contributed by atoms with Crippen molar-refractivity contribution in [3.05, 3.63) is 69.1 Å². The minimum absolute atomic E-state index is 0.00241. The molecule has 9 nitrogen and oxygen atoms in total. The molecule has 194 valence electrons. The van der Waals surface area contributed by atoms with Gasteiger partial charge < -0.3 is 19.0 Å². The number of amides is 2. The maximum Gasteiger partial charge on any atom is 0.371 e. The van der Waals surface area contributed by atoms with Crippen molar-refractivity contribution in [2.24, 2.45) is 0 Å². The Morgan fingerprint density at radius 2 is 1.24 bits per heavy atom. The fourth-order valence-corrected chi connectivity index (χ4v) is 4.04. The van der Waals surface area contributed by atoms with Gasteiger partial charge in [0.2, 0.25) is 23.3 Å². The molecule has 2 amide bonds. The first-order chi connectivity index (χ1) is 17.3. The van der Waals surface area contributed by atoms with E-state index in [1.165, 1.54) is 6.07 Å². The zero-order valence-corrected chi connectivity index (χ0v) is 21.9. The SMILES string of the molecule is Cc1c(Cl)cc(C)c2oc(C(=O)O)cc12.Cc1ccc(C)c2oc(C(=O)O)cc12.O=C1CCC(=O)N1Cl. The molecule has 1 aliphatic heterocycles. The monoisotopic (exact) mass is 547 g/mol. The highest BCUT2D eigenvalue weighted by Crippen LogP contribution is 2.31. The summed E-state index contributed by atoms with van der Waals surface area (Å²) in [7, 11) is 0. The van der Waals surface area contributed by atoms with E-state index in [-0.39, 0.29) is 36.2 Å². The average molecular weight is 548 g/mol. The van der Waals surface area contributed by atoms with E-state index in [9.17, 15) is 19.2 Å². The number of aromatic carboxylic acids is 2. The Balaban J connectivity index is 0.000000161. The quantitative estimate of drug-likeness (QED) is 0.216. The molecule has 1 aliphatic rings. The molecule has 1 saturated heterocycles. The van der Waals surface area contributed by atoms with Crippen molar-refractivity contribution < 1.29 is 38.2 Å². The molecule has 4 aromatic rings. The predicted molar refractivity (Wildman–Crippen MR) is 137 cm³/mol. The largest absolute Gasteiger partial charge is 0.475 e. The highest BCUT2D eigenvalue weighted by atomic mass is 35.5. The third kappa shape index (κ3) is 5.95. The van der Waals surface area contributed by atoms with Crippen molar-refractivity contribution in [2.45, 2.75) is 40.5 Å². The van der Waals surface area contributed by atoms with Gasteiger partial charge in [-0.25, -0.2) is 9.59 Å². The lowest BCUT2D eigenvalue weighted by atomic mass is 10.1. The fourth-order valence-electron chi connectivity index (χ4n) is 3.61. The Labute approximate surface area is 221 Å². The van der Waals surface area contributed by atoms with Gasteiger partial charge in [-0.05, 0) is 68.1 Å². The number of aryl methyl sites for hydroxylation is 4. The van der Waals surface area contributed by atoms with Gasteiger partial charge in [0, 0.05) is 40.4 Å². The third-order valence-electron chi connectivity index (χ3n) is 5.71. The molecule has 5 rings (SSSR count). The lowest BCUT2D eigenvalue weighted by Crippen LogP contribution is -2.16. The predicted octanol–water partition coefficient (Wildman–Crippen LogP) is 6.44. The van der Waals surface area contributed by atoms with Gasteiger partial charge >= 0.3 is 11.9 Å². The highest BCUT2D eigenvalue weighted by molar-refractivity contribution is 6.32. The van der Waals surface area contributed by atoms with E-state index in [0.717, 1.165) is 33.0 Å². The summed E-state index contributed by atoms with van der Waals surface area (Å²) < 4.78 is 11.1. The van der Waals surface area contributed by atoms with E-state index < -0.39 is 11.9 Å². The van der Waals surface area contributed by atoms with Crippen LogP contribution < -0.4 is 0 Å². The van der Waals surface area contributed by atoms with Gasteiger partial charge in [0.15, 0.2) is 0 Å². The Kier molecular flexibility index (Phi) is 8.30. The summed E-state index contributed by atoms with van der Waals surface area (Å²) in [6, 6.07) is 8.73. The van der Waals surface area contributed by atoms with E-state index in [1.54, 1.807) is 12.1 Å². The molecule has 0 unspecified atom stereocenters. The van der Waals surface area contributed by atoms with Crippen molar-refractivity contribution >= 4 is 69.1 Å². The summed E-state index contributed by atoms with van der Waals surface area (Å²) >= 11 is 11.1. The van der Waals surface area contributed by atoms with Crippen LogP contribution in [0.25, 0.3) is 21.9 Å². The van der Waals surface area contributed by atoms with Crippen LogP contribution in [-0.2, 0) is 9.59 Å². The Morgan fingerprint density at radius 3 is 1.68 bits per heavy atom. The number of hydrogen-bond acceptors (Lipinski definition) is 6. The van der Waals surface area contributed by atoms with Crippen LogP contribution in [0.4, 0.5) is 0 Å². The van der Waals surface area contributed by atoms with Crippen LogP contribution in [0.15, 0.2) is 39.2 Å². The van der Waals surface area contributed by atoms with Gasteiger partial charge in [0.25, 0.3) is 0 Å². The van der Waals surface area contributed by atoms with E-state index >= 15 is 0 Å². The Hall–Kier alpha value is -3.82. The molecule has 2 N–H and O–H groups in total. The van der Waals surface area contributed by atoms with E-state index in [1.807, 2.05) is 39.8 Å². The average Bonchev–Trinajstić information content (AvgIpc) is 3.56. The summed E-state index contributed by atoms with van der Waals surface area (Å²) in [5.74, 6) is -2.75. The number of benzene rings is 2. The standard InChI is InChI=1S/C11H9ClO3.C11H10O3.C4H4ClNO2/c1-5-3-8(12)6(2)7-4-9(11(13)14)15-10(5)7;1-6-3-4-7(2)10-8(6)5-9(14-10)11(12)13;5-6-3(7)1-2-4(6)8/h3-4H,1-2H3,(H,13,14);3-5H,1-2H3,(H,12,13);1-2H2. The maximum atomic E-state index is 10.8. The van der Waals surface area contributed by atoms with Crippen LogP contribution in [0.2, 0.25) is 5.02 Å². The van der Waals surface area contributed by atoms with Gasteiger partial charge in [-0.3, -0.25) is 9.59 Å². The van der Waals surface area contributed by atoms with E-state index in [2.05, 4.69) is 0 Å². The first-order valence-electron chi connectivity index (χ1n) is 11.0. The summed E-state index contributed by atoms with van der Waals surface area (Å²) in [6.07, 6.45) is 0.532. The van der Waals surface area contributed by atoms with Crippen LogP contribution in [0, 0.1) is 27.7 Å². The number of carbonyl (C=O) groups excluding carboxylic acids is 2. The minimum Gasteiger partial charge on any atom is -0.475 e. The molecule has 3 heterocycles. The first-order valence-corrected chi connectivity index (χ1v) is 11.7. The molecule has 11 heteroatoms. The number of nitrogens with zero attached hydrogens (tertiary/aromatic N) is 1. The zero-order chi connectivity index (χ0) is 27.6. The molecule has 2 aromatic heterocycles. The second-order valence-corrected chi connectivity index (χ2v) is 9.13. The van der Waals surface area contributed by atoms with Gasteiger partial charge in [0.05, 0.1) is 0 Å². The first kappa shape index (κ1) is 27.8. The third-order valence-corrected chi connectivity index (χ3v) is 6.48. The second kappa shape index (κ2) is 11.1. The van der Waals surface area contributed by atoms with Crippen LogP contribution in [0.5, 0.6) is 0 Å². The molecule has 0 aliphatic carbocycles. The highest BCUT2D eigenvalue weighted by Gasteiger charge is 2.26. The van der Waals surface area contributed by atoms with Crippen LogP contribution in [0.3, 0.4) is 0 Å². The molecule has 0 spiro atoms. The molecule has 2 aromatic carbocycles. The summed E-state index contributed by atoms with van der Waals surface area (Å²) in [4.78, 5) is 42.2. The van der Waals surface area contributed by atoms with Crippen molar-refractivity contribution in [1.29, 1.82) is 0 Å². The fraction of sp³-hybridized carbons (Fsp3) is 0.231. The number of carboxylic acids is 2. The molecule has 0 radical (unpaired) electrons. The Morgan fingerprint density at radius 1 is 0.784 bits per heavy atom. The number of halogens is 2. The topological polar surface area (TPSA) is 138 Å². The normalized spacial score (nSPS) is 12.9. The number of imide groups is 1. The van der Waals surface area contributed by atoms with Crippen molar-refractivity contribution in [1.82, 2.24) is 4.42 Å². The molecule has 1 fully saturated rings. The number of hydrogen-bond donors (Lipinski definition) is 2. The lowest BCUT2D eigenvalue weighted by Gasteiger charge is -2.01. The van der Waals surface area contributed by atoms with Crippen LogP contribution in [0.1, 0.15) is 56.2 Å². The van der Waals surface area contributed by atoms with Crippen molar-refractivity contribution in [3.8, 4) is 0 Å². The van der Waals surface area contributed by atoms with Gasteiger partial charge in [-0.2, -0.15) is 4.42 Å². The lowest BCUT2D eigenvalue weighted by molar-refractivity contribution is -0.132. The summed E-state index contributed by atoms with van der Waals surface area (Å²) in [5, 5.41) is 19.8. The van der Waals surface area contributed by atoms with Gasteiger partial charge in [-0.1, -0.05) is 23.7 Å².